The number of benzene rings is 1. The Labute approximate surface area is 120 Å². The summed E-state index contributed by atoms with van der Waals surface area (Å²) in [6.45, 7) is 0. The van der Waals surface area contributed by atoms with Gasteiger partial charge in [-0.2, -0.15) is 5.10 Å². The molecule has 6 heteroatoms. The third-order valence-corrected chi connectivity index (χ3v) is 2.99. The van der Waals surface area contributed by atoms with Gasteiger partial charge < -0.3 is 5.11 Å². The van der Waals surface area contributed by atoms with E-state index < -0.39 is 0 Å². The highest BCUT2D eigenvalue weighted by Gasteiger charge is 2.09. The van der Waals surface area contributed by atoms with Crippen LogP contribution in [-0.2, 0) is 7.05 Å². The van der Waals surface area contributed by atoms with Crippen molar-refractivity contribution in [2.75, 3.05) is 0 Å². The topological polar surface area (TPSA) is 63.8 Å². The van der Waals surface area contributed by atoms with E-state index in [9.17, 15) is 5.11 Å². The maximum absolute atomic E-state index is 9.53. The molecule has 0 aliphatic rings. The molecule has 1 N–H and O–H groups in total. The van der Waals surface area contributed by atoms with Crippen molar-refractivity contribution in [3.8, 4) is 28.4 Å². The van der Waals surface area contributed by atoms with E-state index >= 15 is 0 Å². The minimum Gasteiger partial charge on any atom is -0.508 e. The van der Waals surface area contributed by atoms with Gasteiger partial charge in [-0.05, 0) is 12.1 Å². The Morgan fingerprint density at radius 1 is 1.15 bits per heavy atom. The minimum atomic E-state index is 0.161. The molecule has 0 radical (unpaired) electrons. The summed E-state index contributed by atoms with van der Waals surface area (Å²) in [6, 6.07) is 8.43. The number of halogens is 1. The lowest BCUT2D eigenvalue weighted by atomic mass is 10.2. The fraction of sp³-hybridized carbons (Fsp3) is 0.0714. The number of aryl methyl sites for hydroxylation is 1. The summed E-state index contributed by atoms with van der Waals surface area (Å²) in [4.78, 5) is 8.66. The van der Waals surface area contributed by atoms with Gasteiger partial charge in [-0.25, -0.2) is 9.97 Å². The molecule has 0 atom stereocenters. The molecule has 1 aromatic carbocycles. The van der Waals surface area contributed by atoms with Crippen LogP contribution in [0.2, 0.25) is 5.15 Å². The smallest absolute Gasteiger partial charge is 0.161 e. The van der Waals surface area contributed by atoms with Crippen LogP contribution in [0.25, 0.3) is 22.6 Å². The monoisotopic (exact) mass is 286 g/mol. The van der Waals surface area contributed by atoms with Gasteiger partial charge in [0.05, 0.1) is 11.9 Å². The number of rotatable bonds is 2. The van der Waals surface area contributed by atoms with E-state index in [4.69, 9.17) is 11.6 Å². The second kappa shape index (κ2) is 4.94. The van der Waals surface area contributed by atoms with Gasteiger partial charge in [0.15, 0.2) is 5.82 Å². The van der Waals surface area contributed by atoms with Gasteiger partial charge in [0.1, 0.15) is 10.9 Å². The quantitative estimate of drug-likeness (QED) is 0.736. The highest BCUT2D eigenvalue weighted by atomic mass is 35.5. The Balaban J connectivity index is 2.11. The molecular formula is C14H11ClN4O. The number of aromatic nitrogens is 4. The van der Waals surface area contributed by atoms with Crippen molar-refractivity contribution < 1.29 is 5.11 Å². The summed E-state index contributed by atoms with van der Waals surface area (Å²) in [6.07, 6.45) is 3.57. The van der Waals surface area contributed by atoms with Gasteiger partial charge in [-0.3, -0.25) is 4.68 Å². The van der Waals surface area contributed by atoms with Crippen LogP contribution < -0.4 is 0 Å². The third kappa shape index (κ3) is 2.48. The zero-order valence-electron chi connectivity index (χ0n) is 10.7. The summed E-state index contributed by atoms with van der Waals surface area (Å²) >= 11 is 6.06. The van der Waals surface area contributed by atoms with Crippen LogP contribution in [0, 0.1) is 0 Å². The van der Waals surface area contributed by atoms with E-state index in [1.165, 1.54) is 0 Å². The molecule has 2 aromatic heterocycles. The predicted molar refractivity (Wildman–Crippen MR) is 76.3 cm³/mol. The van der Waals surface area contributed by atoms with Crippen LogP contribution in [0.15, 0.2) is 42.7 Å². The van der Waals surface area contributed by atoms with Crippen molar-refractivity contribution in [2.24, 2.45) is 7.05 Å². The lowest BCUT2D eigenvalue weighted by Gasteiger charge is -2.04. The first-order valence-corrected chi connectivity index (χ1v) is 6.32. The molecule has 5 nitrogen and oxygen atoms in total. The number of nitrogens with zero attached hydrogens (tertiary/aromatic N) is 4. The van der Waals surface area contributed by atoms with Crippen molar-refractivity contribution in [2.45, 2.75) is 0 Å². The molecular weight excluding hydrogens is 276 g/mol. The van der Waals surface area contributed by atoms with Crippen LogP contribution in [0.5, 0.6) is 5.75 Å². The van der Waals surface area contributed by atoms with Gasteiger partial charge in [0.2, 0.25) is 0 Å². The molecule has 0 saturated carbocycles. The maximum Gasteiger partial charge on any atom is 0.161 e. The van der Waals surface area contributed by atoms with Crippen molar-refractivity contribution in [3.63, 3.8) is 0 Å². The molecule has 0 saturated heterocycles. The molecule has 0 amide bonds. The lowest BCUT2D eigenvalue weighted by molar-refractivity contribution is 0.475. The molecule has 3 rings (SSSR count). The number of aromatic hydroxyl groups is 1. The summed E-state index contributed by atoms with van der Waals surface area (Å²) in [5, 5.41) is 14.0. The zero-order chi connectivity index (χ0) is 14.1. The van der Waals surface area contributed by atoms with E-state index in [1.54, 1.807) is 35.1 Å². The molecule has 0 bridgehead atoms. The van der Waals surface area contributed by atoms with Crippen LogP contribution in [0.4, 0.5) is 0 Å². The first kappa shape index (κ1) is 12.6. The third-order valence-electron chi connectivity index (χ3n) is 2.80. The van der Waals surface area contributed by atoms with E-state index in [0.717, 1.165) is 5.56 Å². The first-order chi connectivity index (χ1) is 9.61. The fourth-order valence-corrected chi connectivity index (χ4v) is 2.08. The Morgan fingerprint density at radius 3 is 2.70 bits per heavy atom. The molecule has 20 heavy (non-hydrogen) atoms. The molecule has 0 aliphatic carbocycles. The lowest BCUT2D eigenvalue weighted by Crippen LogP contribution is -1.92. The van der Waals surface area contributed by atoms with Crippen LogP contribution in [0.3, 0.4) is 0 Å². The van der Waals surface area contributed by atoms with Gasteiger partial charge in [0.25, 0.3) is 0 Å². The van der Waals surface area contributed by atoms with Crippen molar-refractivity contribution in [3.05, 3.63) is 47.9 Å². The van der Waals surface area contributed by atoms with Crippen molar-refractivity contribution in [1.82, 2.24) is 19.7 Å². The largest absolute Gasteiger partial charge is 0.508 e. The van der Waals surface area contributed by atoms with E-state index in [1.807, 2.05) is 19.3 Å². The summed E-state index contributed by atoms with van der Waals surface area (Å²) in [7, 11) is 1.84. The number of hydrogen-bond acceptors (Lipinski definition) is 4. The first-order valence-electron chi connectivity index (χ1n) is 5.95. The summed E-state index contributed by atoms with van der Waals surface area (Å²) in [5.41, 5.74) is 2.26. The minimum absolute atomic E-state index is 0.161. The van der Waals surface area contributed by atoms with E-state index in [0.29, 0.717) is 22.2 Å². The van der Waals surface area contributed by atoms with Gasteiger partial charge in [-0.15, -0.1) is 0 Å². The van der Waals surface area contributed by atoms with Crippen molar-refractivity contribution >= 4 is 11.6 Å². The Hall–Kier alpha value is -2.40. The number of phenolic OH excluding ortho intramolecular Hbond substituents is 1. The SMILES string of the molecule is Cn1cc(-c2cc(Cl)nc(-c3cccc(O)c3)n2)cn1. The van der Waals surface area contributed by atoms with Crippen LogP contribution >= 0.6 is 11.6 Å². The number of phenols is 1. The molecule has 0 fully saturated rings. The van der Waals surface area contributed by atoms with Gasteiger partial charge in [-0.1, -0.05) is 23.7 Å². The predicted octanol–water partition coefficient (Wildman–Crippen LogP) is 2.90. The molecule has 2 heterocycles. The summed E-state index contributed by atoms with van der Waals surface area (Å²) in [5.74, 6) is 0.626. The highest BCUT2D eigenvalue weighted by molar-refractivity contribution is 6.29. The molecule has 100 valence electrons. The second-order valence-electron chi connectivity index (χ2n) is 4.35. The average molecular weight is 287 g/mol. The molecule has 3 aromatic rings. The highest BCUT2D eigenvalue weighted by Crippen LogP contribution is 2.25. The number of hydrogen-bond donors (Lipinski definition) is 1. The Morgan fingerprint density at radius 2 is 2.00 bits per heavy atom. The Bertz CT molecular complexity index is 769. The van der Waals surface area contributed by atoms with Gasteiger partial charge in [0, 0.05) is 30.4 Å². The van der Waals surface area contributed by atoms with E-state index in [-0.39, 0.29) is 5.75 Å². The van der Waals surface area contributed by atoms with Crippen LogP contribution in [0.1, 0.15) is 0 Å². The average Bonchev–Trinajstić information content (AvgIpc) is 2.85. The zero-order valence-corrected chi connectivity index (χ0v) is 11.4. The standard InChI is InChI=1S/C14H11ClN4O/c1-19-8-10(7-16-19)12-6-13(15)18-14(17-12)9-3-2-4-11(20)5-9/h2-8,20H,1H3. The van der Waals surface area contributed by atoms with Crippen molar-refractivity contribution in [1.29, 1.82) is 0 Å². The van der Waals surface area contributed by atoms with Crippen LogP contribution in [-0.4, -0.2) is 24.9 Å². The summed E-state index contributed by atoms with van der Waals surface area (Å²) < 4.78 is 1.69. The molecule has 0 spiro atoms. The molecule has 0 aliphatic heterocycles. The fourth-order valence-electron chi connectivity index (χ4n) is 1.89. The maximum atomic E-state index is 9.53. The normalized spacial score (nSPS) is 10.7. The van der Waals surface area contributed by atoms with E-state index in [2.05, 4.69) is 15.1 Å². The molecule has 0 unspecified atom stereocenters. The second-order valence-corrected chi connectivity index (χ2v) is 4.74. The van der Waals surface area contributed by atoms with Gasteiger partial charge >= 0.3 is 0 Å². The Kier molecular flexibility index (Phi) is 3.12.